The zero-order valence-electron chi connectivity index (χ0n) is 9.25. The lowest BCUT2D eigenvalue weighted by Gasteiger charge is -2.08. The van der Waals surface area contributed by atoms with Crippen molar-refractivity contribution in [1.82, 2.24) is 0 Å². The number of aryl methyl sites for hydroxylation is 1. The molecule has 1 N–H and O–H groups in total. The second kappa shape index (κ2) is 5.14. The predicted octanol–water partition coefficient (Wildman–Crippen LogP) is 3.14. The van der Waals surface area contributed by atoms with E-state index in [4.69, 9.17) is 5.11 Å². The molecule has 0 spiro atoms. The molecule has 0 aliphatic heterocycles. The summed E-state index contributed by atoms with van der Waals surface area (Å²) >= 11 is 0. The number of aliphatic hydroxyl groups excluding tert-OH is 1. The Bertz CT molecular complexity index is 382. The molecule has 1 rings (SSSR count). The minimum Gasteiger partial charge on any atom is -0.509 e. The second-order valence-corrected chi connectivity index (χ2v) is 4.21. The van der Waals surface area contributed by atoms with Gasteiger partial charge in [0.25, 0.3) is 0 Å². The maximum atomic E-state index is 8.97. The van der Waals surface area contributed by atoms with Crippen molar-refractivity contribution in [2.24, 2.45) is 0 Å². The number of allylic oxidation sites excluding steroid dienone is 1. The van der Waals surface area contributed by atoms with Crippen molar-refractivity contribution in [2.45, 2.75) is 20.3 Å². The Morgan fingerprint density at radius 3 is 2.67 bits per heavy atom. The Morgan fingerprint density at radius 1 is 1.53 bits per heavy atom. The Hall–Kier alpha value is -1.07. The quantitative estimate of drug-likeness (QED) is 0.471. The molecule has 0 bridgehead atoms. The molecular formula is C13H17OP. The van der Waals surface area contributed by atoms with Crippen molar-refractivity contribution in [3.05, 3.63) is 47.2 Å². The molecule has 1 aromatic carbocycles. The highest BCUT2D eigenvalue weighted by molar-refractivity contribution is 7.27. The lowest BCUT2D eigenvalue weighted by Crippen LogP contribution is -2.04. The maximum Gasteiger partial charge on any atom is 0.108 e. The van der Waals surface area contributed by atoms with Crippen LogP contribution in [0.1, 0.15) is 23.6 Å². The molecule has 0 aromatic heterocycles. The molecule has 0 heterocycles. The van der Waals surface area contributed by atoms with Crippen LogP contribution in [-0.2, 0) is 6.42 Å². The topological polar surface area (TPSA) is 20.2 Å². The van der Waals surface area contributed by atoms with E-state index in [1.165, 1.54) is 16.4 Å². The van der Waals surface area contributed by atoms with Gasteiger partial charge in [0.05, 0.1) is 0 Å². The number of hydrogen-bond donors (Lipinski definition) is 1. The van der Waals surface area contributed by atoms with Gasteiger partial charge in [0.15, 0.2) is 0 Å². The highest BCUT2D eigenvalue weighted by Crippen LogP contribution is 2.14. The summed E-state index contributed by atoms with van der Waals surface area (Å²) in [7, 11) is 2.76. The molecule has 1 nitrogen and oxygen atoms in total. The standard InChI is InChI=1S/C13H17OP/c1-4-12-9(2)7-11(8-13(12)15)6-5-10(3)14/h5-8,14H,3-4,15H2,1-2H3/b6-5+. The molecule has 2 heteroatoms. The van der Waals surface area contributed by atoms with Crippen LogP contribution < -0.4 is 5.30 Å². The van der Waals surface area contributed by atoms with Crippen LogP contribution in [0.25, 0.3) is 6.08 Å². The van der Waals surface area contributed by atoms with Gasteiger partial charge in [-0.15, -0.1) is 9.24 Å². The summed E-state index contributed by atoms with van der Waals surface area (Å²) in [6, 6.07) is 4.21. The third-order valence-electron chi connectivity index (χ3n) is 2.35. The summed E-state index contributed by atoms with van der Waals surface area (Å²) in [5, 5.41) is 10.2. The first-order chi connectivity index (χ1) is 7.04. The first-order valence-electron chi connectivity index (χ1n) is 4.99. The summed E-state index contributed by atoms with van der Waals surface area (Å²) in [6.45, 7) is 7.67. The van der Waals surface area contributed by atoms with Crippen LogP contribution in [0.3, 0.4) is 0 Å². The summed E-state index contributed by atoms with van der Waals surface area (Å²) in [6.07, 6.45) is 4.51. The summed E-state index contributed by atoms with van der Waals surface area (Å²) in [5.41, 5.74) is 3.75. The molecule has 0 saturated carbocycles. The fraction of sp³-hybridized carbons (Fsp3) is 0.231. The molecule has 15 heavy (non-hydrogen) atoms. The van der Waals surface area contributed by atoms with Crippen LogP contribution >= 0.6 is 9.24 Å². The van der Waals surface area contributed by atoms with Gasteiger partial charge in [-0.1, -0.05) is 25.6 Å². The number of rotatable bonds is 3. The first-order valence-corrected chi connectivity index (χ1v) is 5.57. The lowest BCUT2D eigenvalue weighted by atomic mass is 10.0. The predicted molar refractivity (Wildman–Crippen MR) is 70.7 cm³/mol. The van der Waals surface area contributed by atoms with E-state index in [2.05, 4.69) is 41.8 Å². The van der Waals surface area contributed by atoms with Gasteiger partial charge >= 0.3 is 0 Å². The van der Waals surface area contributed by atoms with Gasteiger partial charge in [-0.2, -0.15) is 0 Å². The zero-order chi connectivity index (χ0) is 11.4. The van der Waals surface area contributed by atoms with Gasteiger partial charge in [-0.05, 0) is 47.5 Å². The van der Waals surface area contributed by atoms with E-state index in [0.29, 0.717) is 0 Å². The van der Waals surface area contributed by atoms with Crippen LogP contribution in [0.15, 0.2) is 30.5 Å². The molecule has 80 valence electrons. The van der Waals surface area contributed by atoms with Gasteiger partial charge < -0.3 is 5.11 Å². The largest absolute Gasteiger partial charge is 0.509 e. The molecule has 0 fully saturated rings. The molecule has 0 saturated heterocycles. The first kappa shape index (κ1) is 12.0. The number of benzene rings is 1. The van der Waals surface area contributed by atoms with E-state index in [0.717, 1.165) is 12.0 Å². The van der Waals surface area contributed by atoms with Gasteiger partial charge in [-0.3, -0.25) is 0 Å². The summed E-state index contributed by atoms with van der Waals surface area (Å²) in [4.78, 5) is 0. The Balaban J connectivity index is 3.09. The minimum absolute atomic E-state index is 0.0810. The van der Waals surface area contributed by atoms with Gasteiger partial charge in [-0.25, -0.2) is 0 Å². The molecular weight excluding hydrogens is 203 g/mol. The van der Waals surface area contributed by atoms with Gasteiger partial charge in [0.2, 0.25) is 0 Å². The van der Waals surface area contributed by atoms with E-state index >= 15 is 0 Å². The minimum atomic E-state index is 0.0810. The molecule has 0 aliphatic carbocycles. The fourth-order valence-corrected chi connectivity index (χ4v) is 2.27. The summed E-state index contributed by atoms with van der Waals surface area (Å²) < 4.78 is 0. The normalized spacial score (nSPS) is 10.9. The fourth-order valence-electron chi connectivity index (χ4n) is 1.64. The number of hydrogen-bond acceptors (Lipinski definition) is 1. The highest BCUT2D eigenvalue weighted by atomic mass is 31.0. The number of aliphatic hydroxyl groups is 1. The van der Waals surface area contributed by atoms with E-state index in [1.54, 1.807) is 6.08 Å². The lowest BCUT2D eigenvalue weighted by molar-refractivity contribution is 0.436. The molecule has 1 atom stereocenters. The van der Waals surface area contributed by atoms with Crippen LogP contribution in [0, 0.1) is 6.92 Å². The van der Waals surface area contributed by atoms with Crippen molar-refractivity contribution in [1.29, 1.82) is 0 Å². The van der Waals surface area contributed by atoms with Crippen LogP contribution in [0.5, 0.6) is 0 Å². The Labute approximate surface area is 93.7 Å². The van der Waals surface area contributed by atoms with Crippen LogP contribution in [-0.4, -0.2) is 5.11 Å². The molecule has 0 radical (unpaired) electrons. The van der Waals surface area contributed by atoms with Crippen molar-refractivity contribution in [3.8, 4) is 0 Å². The van der Waals surface area contributed by atoms with Crippen molar-refractivity contribution < 1.29 is 5.11 Å². The molecule has 1 unspecified atom stereocenters. The average Bonchev–Trinajstić information content (AvgIpc) is 2.14. The third kappa shape index (κ3) is 3.21. The summed E-state index contributed by atoms with van der Waals surface area (Å²) in [5.74, 6) is 0.0810. The monoisotopic (exact) mass is 220 g/mol. The smallest absolute Gasteiger partial charge is 0.108 e. The zero-order valence-corrected chi connectivity index (χ0v) is 10.4. The van der Waals surface area contributed by atoms with Gasteiger partial charge in [0.1, 0.15) is 5.76 Å². The van der Waals surface area contributed by atoms with Crippen LogP contribution in [0.4, 0.5) is 0 Å². The van der Waals surface area contributed by atoms with E-state index in [9.17, 15) is 0 Å². The van der Waals surface area contributed by atoms with Crippen molar-refractivity contribution in [2.75, 3.05) is 0 Å². The Kier molecular flexibility index (Phi) is 4.11. The third-order valence-corrected chi connectivity index (χ3v) is 2.87. The van der Waals surface area contributed by atoms with E-state index in [-0.39, 0.29) is 5.76 Å². The van der Waals surface area contributed by atoms with E-state index < -0.39 is 0 Å². The van der Waals surface area contributed by atoms with Crippen molar-refractivity contribution >= 4 is 20.6 Å². The maximum absolute atomic E-state index is 8.97. The Morgan fingerprint density at radius 2 is 2.20 bits per heavy atom. The van der Waals surface area contributed by atoms with Gasteiger partial charge in [0, 0.05) is 0 Å². The SMILES string of the molecule is C=C(O)/C=C/c1cc(C)c(CC)c(P)c1. The van der Waals surface area contributed by atoms with Crippen molar-refractivity contribution in [3.63, 3.8) is 0 Å². The molecule has 1 aromatic rings. The van der Waals surface area contributed by atoms with E-state index in [1.807, 2.05) is 6.08 Å². The van der Waals surface area contributed by atoms with Crippen LogP contribution in [0.2, 0.25) is 0 Å². The molecule has 0 aliphatic rings. The highest BCUT2D eigenvalue weighted by Gasteiger charge is 2.01. The molecule has 0 amide bonds. The second-order valence-electron chi connectivity index (χ2n) is 3.58. The average molecular weight is 220 g/mol.